The fraction of sp³-hybridized carbons (Fsp3) is 0.207. The molecule has 1 aromatic heterocycles. The fourth-order valence-corrected chi connectivity index (χ4v) is 4.12. The Balaban J connectivity index is 1.65. The van der Waals surface area contributed by atoms with E-state index < -0.39 is 0 Å². The van der Waals surface area contributed by atoms with Crippen molar-refractivity contribution in [3.63, 3.8) is 0 Å². The number of hydrogen-bond acceptors (Lipinski definition) is 6. The number of allylic oxidation sites excluding steroid dienone is 1. The molecule has 0 fully saturated rings. The number of carbonyl (C=O) groups is 1. The Morgan fingerprint density at radius 2 is 1.58 bits per heavy atom. The minimum atomic E-state index is -0.215. The van der Waals surface area contributed by atoms with Gasteiger partial charge in [-0.1, -0.05) is 24.3 Å². The van der Waals surface area contributed by atoms with Crippen LogP contribution in [-0.4, -0.2) is 34.3 Å². The fourth-order valence-electron chi connectivity index (χ4n) is 4.12. The Bertz CT molecular complexity index is 1420. The standard InChI is InChI=1S/C29H29NO6/c1-18(12-29(31)30-16-20-8-6-7-9-24(20)32-2)21-14-22-23(17-36-27(22)15-26(21)34-4)19-10-11-25(33-3)28(13-19)35-5/h6-15,17H,16H2,1-5H3,(H,30,31)/b18-12+. The number of ether oxygens (including phenoxy) is 4. The van der Waals surface area contributed by atoms with Crippen molar-refractivity contribution in [1.82, 2.24) is 5.32 Å². The van der Waals surface area contributed by atoms with Crippen LogP contribution in [0.5, 0.6) is 23.0 Å². The first kappa shape index (κ1) is 24.7. The Morgan fingerprint density at radius 3 is 2.31 bits per heavy atom. The van der Waals surface area contributed by atoms with Crippen molar-refractivity contribution < 1.29 is 28.2 Å². The predicted molar refractivity (Wildman–Crippen MR) is 140 cm³/mol. The van der Waals surface area contributed by atoms with Gasteiger partial charge in [-0.3, -0.25) is 4.79 Å². The van der Waals surface area contributed by atoms with Crippen LogP contribution in [-0.2, 0) is 11.3 Å². The molecule has 1 N–H and O–H groups in total. The van der Waals surface area contributed by atoms with Crippen molar-refractivity contribution in [2.75, 3.05) is 28.4 Å². The topological polar surface area (TPSA) is 79.2 Å². The second kappa shape index (κ2) is 10.9. The SMILES string of the molecule is COc1ccccc1CNC(=O)/C=C(\C)c1cc2c(-c3ccc(OC)c(OC)c3)coc2cc1OC. The van der Waals surface area contributed by atoms with Crippen molar-refractivity contribution >= 4 is 22.4 Å². The molecule has 3 aromatic carbocycles. The van der Waals surface area contributed by atoms with E-state index in [0.717, 1.165) is 39.0 Å². The number of nitrogens with one attached hydrogen (secondary N) is 1. The summed E-state index contributed by atoms with van der Waals surface area (Å²) in [6.45, 7) is 2.23. The molecule has 7 nitrogen and oxygen atoms in total. The van der Waals surface area contributed by atoms with E-state index in [1.807, 2.05) is 61.5 Å². The monoisotopic (exact) mass is 487 g/mol. The minimum Gasteiger partial charge on any atom is -0.496 e. The van der Waals surface area contributed by atoms with Crippen LogP contribution in [0.1, 0.15) is 18.1 Å². The third-order valence-corrected chi connectivity index (χ3v) is 6.01. The largest absolute Gasteiger partial charge is 0.496 e. The number of fused-ring (bicyclic) bond motifs is 1. The van der Waals surface area contributed by atoms with Gasteiger partial charge in [-0.25, -0.2) is 0 Å². The first-order valence-corrected chi connectivity index (χ1v) is 11.4. The van der Waals surface area contributed by atoms with E-state index in [0.29, 0.717) is 29.4 Å². The molecule has 7 heteroatoms. The maximum absolute atomic E-state index is 12.7. The van der Waals surface area contributed by atoms with Gasteiger partial charge >= 0.3 is 0 Å². The van der Waals surface area contributed by atoms with Gasteiger partial charge in [-0.05, 0) is 42.3 Å². The maximum atomic E-state index is 12.7. The van der Waals surface area contributed by atoms with E-state index in [2.05, 4.69) is 5.32 Å². The number of furan rings is 1. The summed E-state index contributed by atoms with van der Waals surface area (Å²) in [6.07, 6.45) is 3.27. The zero-order chi connectivity index (χ0) is 25.7. The maximum Gasteiger partial charge on any atom is 0.244 e. The molecule has 0 unspecified atom stereocenters. The number of methoxy groups -OCH3 is 4. The number of rotatable bonds is 9. The van der Waals surface area contributed by atoms with Crippen LogP contribution in [0.15, 0.2) is 71.4 Å². The van der Waals surface area contributed by atoms with Crippen molar-refractivity contribution in [3.8, 4) is 34.1 Å². The number of para-hydroxylation sites is 1. The van der Waals surface area contributed by atoms with Gasteiger partial charge in [-0.15, -0.1) is 0 Å². The van der Waals surface area contributed by atoms with E-state index in [9.17, 15) is 4.79 Å². The molecule has 0 saturated carbocycles. The van der Waals surface area contributed by atoms with Crippen molar-refractivity contribution in [2.45, 2.75) is 13.5 Å². The lowest BCUT2D eigenvalue weighted by Gasteiger charge is -2.12. The van der Waals surface area contributed by atoms with E-state index in [-0.39, 0.29) is 5.91 Å². The van der Waals surface area contributed by atoms with E-state index in [1.165, 1.54) is 0 Å². The lowest BCUT2D eigenvalue weighted by atomic mass is 9.99. The molecule has 0 radical (unpaired) electrons. The zero-order valence-corrected chi connectivity index (χ0v) is 21.0. The third kappa shape index (κ3) is 5.00. The second-order valence-corrected chi connectivity index (χ2v) is 8.12. The van der Waals surface area contributed by atoms with Gasteiger partial charge in [0.2, 0.25) is 5.91 Å². The molecular weight excluding hydrogens is 458 g/mol. The molecule has 36 heavy (non-hydrogen) atoms. The van der Waals surface area contributed by atoms with E-state index in [1.54, 1.807) is 40.8 Å². The van der Waals surface area contributed by atoms with Crippen LogP contribution in [0.3, 0.4) is 0 Å². The van der Waals surface area contributed by atoms with Crippen molar-refractivity contribution in [1.29, 1.82) is 0 Å². The summed E-state index contributed by atoms with van der Waals surface area (Å²) in [4.78, 5) is 12.7. The van der Waals surface area contributed by atoms with Crippen LogP contribution < -0.4 is 24.3 Å². The van der Waals surface area contributed by atoms with E-state index >= 15 is 0 Å². The summed E-state index contributed by atoms with van der Waals surface area (Å²) in [7, 11) is 6.41. The average molecular weight is 488 g/mol. The molecule has 1 amide bonds. The summed E-state index contributed by atoms with van der Waals surface area (Å²) in [5.41, 5.74) is 4.93. The Hall–Kier alpha value is -4.39. The summed E-state index contributed by atoms with van der Waals surface area (Å²) < 4.78 is 27.6. The lowest BCUT2D eigenvalue weighted by Crippen LogP contribution is -2.21. The molecule has 0 bridgehead atoms. The molecule has 1 heterocycles. The van der Waals surface area contributed by atoms with Gasteiger partial charge in [0.05, 0.1) is 34.7 Å². The molecule has 0 saturated heterocycles. The quantitative estimate of drug-likeness (QED) is 0.298. The number of amides is 1. The summed E-state index contributed by atoms with van der Waals surface area (Å²) in [5.74, 6) is 2.40. The highest BCUT2D eigenvalue weighted by atomic mass is 16.5. The van der Waals surface area contributed by atoms with Crippen molar-refractivity contribution in [3.05, 3.63) is 78.1 Å². The molecule has 0 aliphatic carbocycles. The molecule has 0 aliphatic heterocycles. The highest BCUT2D eigenvalue weighted by molar-refractivity contribution is 6.00. The second-order valence-electron chi connectivity index (χ2n) is 8.12. The number of hydrogen-bond donors (Lipinski definition) is 1. The van der Waals surface area contributed by atoms with Gasteiger partial charge in [0.15, 0.2) is 11.5 Å². The van der Waals surface area contributed by atoms with Crippen LogP contribution >= 0.6 is 0 Å². The number of carbonyl (C=O) groups excluding carboxylic acids is 1. The minimum absolute atomic E-state index is 0.215. The molecule has 4 rings (SSSR count). The predicted octanol–water partition coefficient (Wildman–Crippen LogP) is 5.85. The smallest absolute Gasteiger partial charge is 0.244 e. The zero-order valence-electron chi connectivity index (χ0n) is 21.0. The van der Waals surface area contributed by atoms with Crippen LogP contribution in [0, 0.1) is 0 Å². The molecule has 0 atom stereocenters. The Kier molecular flexibility index (Phi) is 7.49. The average Bonchev–Trinajstić information content (AvgIpc) is 3.33. The first-order valence-electron chi connectivity index (χ1n) is 11.4. The molecular formula is C29H29NO6. The summed E-state index contributed by atoms with van der Waals surface area (Å²) in [6, 6.07) is 17.1. The van der Waals surface area contributed by atoms with Gasteiger partial charge < -0.3 is 28.7 Å². The van der Waals surface area contributed by atoms with Crippen LogP contribution in [0.25, 0.3) is 27.7 Å². The lowest BCUT2D eigenvalue weighted by molar-refractivity contribution is -0.116. The normalized spacial score (nSPS) is 11.3. The molecule has 186 valence electrons. The van der Waals surface area contributed by atoms with Gasteiger partial charge in [0.1, 0.15) is 17.1 Å². The Labute approximate surface area is 210 Å². The molecule has 4 aromatic rings. The van der Waals surface area contributed by atoms with Gasteiger partial charge in [0, 0.05) is 40.8 Å². The van der Waals surface area contributed by atoms with Crippen LogP contribution in [0.4, 0.5) is 0 Å². The summed E-state index contributed by atoms with van der Waals surface area (Å²) >= 11 is 0. The van der Waals surface area contributed by atoms with Gasteiger partial charge in [-0.2, -0.15) is 0 Å². The molecule has 0 spiro atoms. The van der Waals surface area contributed by atoms with E-state index in [4.69, 9.17) is 23.4 Å². The first-order chi connectivity index (χ1) is 17.5. The summed E-state index contributed by atoms with van der Waals surface area (Å²) in [5, 5.41) is 3.81. The molecule has 0 aliphatic rings. The van der Waals surface area contributed by atoms with Crippen LogP contribution in [0.2, 0.25) is 0 Å². The highest BCUT2D eigenvalue weighted by Gasteiger charge is 2.16. The third-order valence-electron chi connectivity index (χ3n) is 6.01. The number of benzene rings is 3. The van der Waals surface area contributed by atoms with Crippen molar-refractivity contribution in [2.24, 2.45) is 0 Å². The van der Waals surface area contributed by atoms with Gasteiger partial charge in [0.25, 0.3) is 0 Å². The highest BCUT2D eigenvalue weighted by Crippen LogP contribution is 2.39. The Morgan fingerprint density at radius 1 is 0.861 bits per heavy atom.